The normalized spacial score (nSPS) is 21.6. The second-order valence-corrected chi connectivity index (χ2v) is 4.08. The molecule has 0 N–H and O–H groups in total. The summed E-state index contributed by atoms with van der Waals surface area (Å²) in [4.78, 5) is 0. The first-order valence-electron chi connectivity index (χ1n) is 4.62. The molecule has 1 aliphatic rings. The van der Waals surface area contributed by atoms with Gasteiger partial charge in [0.1, 0.15) is 0 Å². The van der Waals surface area contributed by atoms with Crippen LogP contribution in [-0.2, 0) is 0 Å². The van der Waals surface area contributed by atoms with Crippen LogP contribution < -0.4 is 0 Å². The van der Waals surface area contributed by atoms with Crippen LogP contribution in [0.4, 0.5) is 0 Å². The van der Waals surface area contributed by atoms with Crippen molar-refractivity contribution < 1.29 is 0 Å². The van der Waals surface area contributed by atoms with E-state index < -0.39 is 0 Å². The molecule has 1 fully saturated rings. The molecule has 0 aromatic carbocycles. The molecule has 10 heavy (non-hydrogen) atoms. The van der Waals surface area contributed by atoms with E-state index in [1.807, 2.05) is 0 Å². The summed E-state index contributed by atoms with van der Waals surface area (Å²) < 4.78 is 0. The van der Waals surface area contributed by atoms with Gasteiger partial charge < -0.3 is 0 Å². The predicted octanol–water partition coefficient (Wildman–Crippen LogP) is 4.00. The van der Waals surface area contributed by atoms with Gasteiger partial charge in [0.15, 0.2) is 0 Å². The van der Waals surface area contributed by atoms with E-state index in [0.29, 0.717) is 5.41 Å². The maximum Gasteiger partial charge on any atom is -0.0354 e. The van der Waals surface area contributed by atoms with Crippen molar-refractivity contribution in [2.24, 2.45) is 5.41 Å². The van der Waals surface area contributed by atoms with Crippen molar-refractivity contribution in [1.29, 1.82) is 0 Å². The van der Waals surface area contributed by atoms with Gasteiger partial charge in [-0.25, -0.2) is 0 Å². The van der Waals surface area contributed by atoms with Gasteiger partial charge in [-0.15, -0.1) is 0 Å². The van der Waals surface area contributed by atoms with Gasteiger partial charge in [0.05, 0.1) is 0 Å². The maximum absolute atomic E-state index is 2.36. The summed E-state index contributed by atoms with van der Waals surface area (Å²) in [7, 11) is 0. The highest BCUT2D eigenvalue weighted by Gasteiger charge is 2.21. The lowest BCUT2D eigenvalue weighted by Crippen LogP contribution is -2.01. The zero-order valence-electron chi connectivity index (χ0n) is 8.04. The predicted molar refractivity (Wildman–Crippen MR) is 48.2 cm³/mol. The molecule has 0 bridgehead atoms. The summed E-state index contributed by atoms with van der Waals surface area (Å²) in [5.74, 6) is 0. The van der Waals surface area contributed by atoms with Gasteiger partial charge >= 0.3 is 0 Å². The van der Waals surface area contributed by atoms with Crippen LogP contribution in [0.2, 0.25) is 0 Å². The van der Waals surface area contributed by atoms with E-state index in [0.717, 1.165) is 0 Å². The maximum atomic E-state index is 2.36. The molecule has 0 heterocycles. The van der Waals surface area contributed by atoms with Crippen LogP contribution in [0, 0.1) is 5.41 Å². The van der Waals surface area contributed by atoms with Crippen LogP contribution in [-0.4, -0.2) is 0 Å². The third-order valence-electron chi connectivity index (χ3n) is 1.96. The molecule has 0 aromatic rings. The Morgan fingerprint density at radius 2 is 1.30 bits per heavy atom. The van der Waals surface area contributed by atoms with Crippen LogP contribution in [0.15, 0.2) is 0 Å². The van der Waals surface area contributed by atoms with Gasteiger partial charge in [0.25, 0.3) is 0 Å². The van der Waals surface area contributed by atoms with Crippen molar-refractivity contribution in [3.05, 3.63) is 0 Å². The topological polar surface area (TPSA) is 0 Å². The van der Waals surface area contributed by atoms with Crippen molar-refractivity contribution in [3.8, 4) is 0 Å². The fraction of sp³-hybridized carbons (Fsp3) is 1.00. The molecule has 0 nitrogen and oxygen atoms in total. The zero-order valence-corrected chi connectivity index (χ0v) is 8.04. The Labute approximate surface area is 66.0 Å². The molecule has 1 aliphatic carbocycles. The minimum atomic E-state index is 0.694. The lowest BCUT2D eigenvalue weighted by atomic mass is 9.92. The second kappa shape index (κ2) is 4.76. The molecular formula is C10H22. The number of hydrogen-bond donors (Lipinski definition) is 0. The molecule has 1 rings (SSSR count). The Kier molecular flexibility index (Phi) is 4.76. The molecule has 0 amide bonds. The highest BCUT2D eigenvalue weighted by atomic mass is 14.3. The SMILES string of the molecule is CC1(C)CCCC1.CCC. The molecular weight excluding hydrogens is 120 g/mol. The van der Waals surface area contributed by atoms with Crippen molar-refractivity contribution in [3.63, 3.8) is 0 Å². The molecule has 0 aromatic heterocycles. The fourth-order valence-corrected chi connectivity index (χ4v) is 1.33. The van der Waals surface area contributed by atoms with E-state index in [1.54, 1.807) is 0 Å². The van der Waals surface area contributed by atoms with E-state index in [2.05, 4.69) is 27.7 Å². The summed E-state index contributed by atoms with van der Waals surface area (Å²) in [5.41, 5.74) is 0.694. The van der Waals surface area contributed by atoms with Crippen LogP contribution in [0.25, 0.3) is 0 Å². The van der Waals surface area contributed by atoms with Crippen molar-refractivity contribution >= 4 is 0 Å². The molecule has 0 spiro atoms. The smallest absolute Gasteiger partial charge is 0.0354 e. The quantitative estimate of drug-likeness (QED) is 0.479. The summed E-state index contributed by atoms with van der Waals surface area (Å²) in [6.07, 6.45) is 7.08. The first kappa shape index (κ1) is 10.0. The van der Waals surface area contributed by atoms with Crippen LogP contribution in [0.3, 0.4) is 0 Å². The Morgan fingerprint density at radius 1 is 1.00 bits per heavy atom. The summed E-state index contributed by atoms with van der Waals surface area (Å²) >= 11 is 0. The molecule has 0 atom stereocenters. The van der Waals surface area contributed by atoms with E-state index in [1.165, 1.54) is 32.1 Å². The summed E-state index contributed by atoms with van der Waals surface area (Å²) in [5, 5.41) is 0. The Hall–Kier alpha value is 0. The van der Waals surface area contributed by atoms with Crippen molar-refractivity contribution in [2.45, 2.75) is 59.8 Å². The standard InChI is InChI=1S/C7H14.C3H8/c1-7(2)5-3-4-6-7;1-3-2/h3-6H2,1-2H3;3H2,1-2H3. The molecule has 0 radical (unpaired) electrons. The first-order chi connectivity index (χ1) is 4.62. The molecule has 0 heteroatoms. The van der Waals surface area contributed by atoms with Crippen molar-refractivity contribution in [1.82, 2.24) is 0 Å². The average molecular weight is 142 g/mol. The Morgan fingerprint density at radius 3 is 1.40 bits per heavy atom. The third-order valence-corrected chi connectivity index (χ3v) is 1.96. The Balaban J connectivity index is 0.000000236. The second-order valence-electron chi connectivity index (χ2n) is 4.08. The van der Waals surface area contributed by atoms with E-state index >= 15 is 0 Å². The first-order valence-corrected chi connectivity index (χ1v) is 4.62. The largest absolute Gasteiger partial charge is 0.0656 e. The van der Waals surface area contributed by atoms with E-state index in [-0.39, 0.29) is 0 Å². The monoisotopic (exact) mass is 142 g/mol. The van der Waals surface area contributed by atoms with E-state index in [4.69, 9.17) is 0 Å². The van der Waals surface area contributed by atoms with Crippen LogP contribution in [0.1, 0.15) is 59.8 Å². The van der Waals surface area contributed by atoms with Gasteiger partial charge in [-0.2, -0.15) is 0 Å². The fourth-order valence-electron chi connectivity index (χ4n) is 1.33. The molecule has 1 saturated carbocycles. The van der Waals surface area contributed by atoms with E-state index in [9.17, 15) is 0 Å². The van der Waals surface area contributed by atoms with Crippen molar-refractivity contribution in [2.75, 3.05) is 0 Å². The number of hydrogen-bond acceptors (Lipinski definition) is 0. The molecule has 0 aliphatic heterocycles. The lowest BCUT2D eigenvalue weighted by molar-refractivity contribution is 0.382. The van der Waals surface area contributed by atoms with Gasteiger partial charge in [0, 0.05) is 0 Å². The van der Waals surface area contributed by atoms with Crippen LogP contribution in [0.5, 0.6) is 0 Å². The van der Waals surface area contributed by atoms with Gasteiger partial charge in [-0.1, -0.05) is 47.0 Å². The molecule has 62 valence electrons. The average Bonchev–Trinajstić information content (AvgIpc) is 2.16. The molecule has 0 unspecified atom stereocenters. The van der Waals surface area contributed by atoms with Gasteiger partial charge in [-0.3, -0.25) is 0 Å². The van der Waals surface area contributed by atoms with Crippen LogP contribution >= 0.6 is 0 Å². The minimum Gasteiger partial charge on any atom is -0.0656 e. The summed E-state index contributed by atoms with van der Waals surface area (Å²) in [6, 6.07) is 0. The third kappa shape index (κ3) is 4.84. The minimum absolute atomic E-state index is 0.694. The molecule has 0 saturated heterocycles. The zero-order chi connectivity index (χ0) is 8.04. The van der Waals surface area contributed by atoms with Gasteiger partial charge in [-0.05, 0) is 18.3 Å². The summed E-state index contributed by atoms with van der Waals surface area (Å²) in [6.45, 7) is 8.97. The van der Waals surface area contributed by atoms with Gasteiger partial charge in [0.2, 0.25) is 0 Å². The Bertz CT molecular complexity index is 64.1. The lowest BCUT2D eigenvalue weighted by Gasteiger charge is -2.13. The number of rotatable bonds is 0. The highest BCUT2D eigenvalue weighted by Crippen LogP contribution is 2.36. The highest BCUT2D eigenvalue weighted by molar-refractivity contribution is 4.74.